The molecule has 0 fully saturated rings. The highest BCUT2D eigenvalue weighted by molar-refractivity contribution is 5.27. The number of allylic oxidation sites excluding steroid dienone is 5. The first-order chi connectivity index (χ1) is 7.51. The van der Waals surface area contributed by atoms with Crippen LogP contribution in [-0.2, 0) is 0 Å². The molecule has 0 aliphatic rings. The van der Waals surface area contributed by atoms with Crippen molar-refractivity contribution < 1.29 is 5.11 Å². The Morgan fingerprint density at radius 3 is 2.31 bits per heavy atom. The van der Waals surface area contributed by atoms with E-state index in [2.05, 4.69) is 46.8 Å². The summed E-state index contributed by atoms with van der Waals surface area (Å²) in [5.74, 6) is 0.485. The van der Waals surface area contributed by atoms with Crippen LogP contribution in [0.2, 0.25) is 0 Å². The minimum atomic E-state index is 0.138. The summed E-state index contributed by atoms with van der Waals surface area (Å²) in [5.41, 5.74) is 4.25. The molecule has 0 spiro atoms. The molecule has 1 unspecified atom stereocenters. The van der Waals surface area contributed by atoms with Gasteiger partial charge >= 0.3 is 0 Å². The van der Waals surface area contributed by atoms with E-state index in [0.29, 0.717) is 5.92 Å². The molecule has 0 aromatic heterocycles. The minimum absolute atomic E-state index is 0.138. The summed E-state index contributed by atoms with van der Waals surface area (Å²) < 4.78 is 0. The molecule has 0 saturated heterocycles. The summed E-state index contributed by atoms with van der Waals surface area (Å²) in [6.07, 6.45) is 8.35. The molecule has 0 aromatic rings. The first-order valence-corrected chi connectivity index (χ1v) is 6.12. The number of aliphatic hydroxyl groups excluding tert-OH is 1. The molecule has 0 aliphatic carbocycles. The van der Waals surface area contributed by atoms with E-state index in [0.717, 1.165) is 12.8 Å². The van der Waals surface area contributed by atoms with E-state index in [1.54, 1.807) is 0 Å². The van der Waals surface area contributed by atoms with Crippen LogP contribution in [0.25, 0.3) is 0 Å². The highest BCUT2D eigenvalue weighted by atomic mass is 16.2. The fraction of sp³-hybridized carbons (Fsp3) is 0.600. The Morgan fingerprint density at radius 2 is 1.88 bits per heavy atom. The van der Waals surface area contributed by atoms with E-state index in [-0.39, 0.29) is 6.61 Å². The molecule has 16 heavy (non-hydrogen) atoms. The van der Waals surface area contributed by atoms with E-state index >= 15 is 0 Å². The van der Waals surface area contributed by atoms with Crippen molar-refractivity contribution in [2.24, 2.45) is 5.92 Å². The monoisotopic (exact) mass is 222 g/mol. The van der Waals surface area contributed by atoms with Gasteiger partial charge in [0.2, 0.25) is 0 Å². The lowest BCUT2D eigenvalue weighted by Gasteiger charge is -2.11. The largest absolute Gasteiger partial charge is 0.392 e. The van der Waals surface area contributed by atoms with Crippen molar-refractivity contribution in [2.45, 2.75) is 47.5 Å². The van der Waals surface area contributed by atoms with Gasteiger partial charge in [0.25, 0.3) is 0 Å². The highest BCUT2D eigenvalue weighted by Crippen LogP contribution is 2.20. The zero-order chi connectivity index (χ0) is 12.6. The maximum absolute atomic E-state index is 8.74. The third-order valence-corrected chi connectivity index (χ3v) is 2.65. The lowest BCUT2D eigenvalue weighted by molar-refractivity contribution is 0.342. The van der Waals surface area contributed by atoms with Gasteiger partial charge in [-0.05, 0) is 45.1 Å². The normalized spacial score (nSPS) is 14.9. The SMILES string of the molecule is CCC(C)=C(C=C(C)C)CC(C)C=CCO. The topological polar surface area (TPSA) is 20.2 Å². The standard InChI is InChI=1S/C15H26O/c1-6-14(5)15(10-12(2)3)11-13(4)8-7-9-16/h7-8,10,13,16H,6,9,11H2,1-5H3. The van der Waals surface area contributed by atoms with Crippen molar-refractivity contribution in [1.29, 1.82) is 0 Å². The summed E-state index contributed by atoms with van der Waals surface area (Å²) in [5, 5.41) is 8.74. The van der Waals surface area contributed by atoms with Crippen molar-refractivity contribution in [3.8, 4) is 0 Å². The summed E-state index contributed by atoms with van der Waals surface area (Å²) >= 11 is 0. The molecule has 1 nitrogen and oxygen atoms in total. The molecule has 0 aromatic carbocycles. The Morgan fingerprint density at radius 1 is 1.25 bits per heavy atom. The average Bonchev–Trinajstić information content (AvgIpc) is 2.23. The van der Waals surface area contributed by atoms with Crippen molar-refractivity contribution in [3.63, 3.8) is 0 Å². The fourth-order valence-corrected chi connectivity index (χ4v) is 1.64. The van der Waals surface area contributed by atoms with Gasteiger partial charge in [-0.2, -0.15) is 0 Å². The number of hydrogen-bond donors (Lipinski definition) is 1. The molecule has 0 aliphatic heterocycles. The van der Waals surface area contributed by atoms with E-state index in [4.69, 9.17) is 5.11 Å². The molecule has 0 rings (SSSR count). The number of hydrogen-bond acceptors (Lipinski definition) is 1. The van der Waals surface area contributed by atoms with Crippen LogP contribution in [0.1, 0.15) is 47.5 Å². The minimum Gasteiger partial charge on any atom is -0.392 e. The van der Waals surface area contributed by atoms with Crippen molar-refractivity contribution >= 4 is 0 Å². The van der Waals surface area contributed by atoms with Crippen LogP contribution in [0.15, 0.2) is 34.9 Å². The van der Waals surface area contributed by atoms with E-state index in [1.807, 2.05) is 6.08 Å². The smallest absolute Gasteiger partial charge is 0.0612 e. The Labute approximate surface area is 101 Å². The number of aliphatic hydroxyl groups is 1. The molecule has 1 N–H and O–H groups in total. The van der Waals surface area contributed by atoms with E-state index in [9.17, 15) is 0 Å². The zero-order valence-corrected chi connectivity index (χ0v) is 11.4. The van der Waals surface area contributed by atoms with Gasteiger partial charge < -0.3 is 5.11 Å². The van der Waals surface area contributed by atoms with Crippen LogP contribution in [0.3, 0.4) is 0 Å². The highest BCUT2D eigenvalue weighted by Gasteiger charge is 2.03. The van der Waals surface area contributed by atoms with E-state index < -0.39 is 0 Å². The molecule has 1 heteroatoms. The second kappa shape index (κ2) is 8.35. The lowest BCUT2D eigenvalue weighted by Crippen LogP contribution is -1.95. The van der Waals surface area contributed by atoms with Crippen LogP contribution in [0.4, 0.5) is 0 Å². The summed E-state index contributed by atoms with van der Waals surface area (Å²) in [6.45, 7) is 11.0. The molecule has 0 amide bonds. The van der Waals surface area contributed by atoms with Gasteiger partial charge in [-0.25, -0.2) is 0 Å². The Balaban J connectivity index is 4.70. The van der Waals surface area contributed by atoms with Crippen LogP contribution < -0.4 is 0 Å². The Kier molecular flexibility index (Phi) is 7.92. The average molecular weight is 222 g/mol. The maximum Gasteiger partial charge on any atom is 0.0612 e. The molecule has 0 heterocycles. The van der Waals surface area contributed by atoms with Crippen LogP contribution >= 0.6 is 0 Å². The maximum atomic E-state index is 8.74. The summed E-state index contributed by atoms with van der Waals surface area (Å²) in [7, 11) is 0. The predicted octanol–water partition coefficient (Wildman–Crippen LogP) is 4.25. The van der Waals surface area contributed by atoms with Gasteiger partial charge in [-0.3, -0.25) is 0 Å². The van der Waals surface area contributed by atoms with Gasteiger partial charge in [-0.1, -0.05) is 43.2 Å². The Hall–Kier alpha value is -0.820. The van der Waals surface area contributed by atoms with Crippen molar-refractivity contribution in [1.82, 2.24) is 0 Å². The molecule has 0 bridgehead atoms. The van der Waals surface area contributed by atoms with Gasteiger partial charge in [0, 0.05) is 0 Å². The molecular weight excluding hydrogens is 196 g/mol. The second-order valence-electron chi connectivity index (χ2n) is 4.67. The van der Waals surface area contributed by atoms with Gasteiger partial charge in [-0.15, -0.1) is 0 Å². The molecular formula is C15H26O. The number of rotatable bonds is 6. The fourth-order valence-electron chi connectivity index (χ4n) is 1.64. The van der Waals surface area contributed by atoms with Crippen LogP contribution in [0, 0.1) is 5.92 Å². The molecule has 0 saturated carbocycles. The van der Waals surface area contributed by atoms with E-state index in [1.165, 1.54) is 16.7 Å². The predicted molar refractivity (Wildman–Crippen MR) is 72.4 cm³/mol. The molecule has 0 radical (unpaired) electrons. The summed E-state index contributed by atoms with van der Waals surface area (Å²) in [4.78, 5) is 0. The molecule has 92 valence electrons. The van der Waals surface area contributed by atoms with Crippen LogP contribution in [0.5, 0.6) is 0 Å². The van der Waals surface area contributed by atoms with Gasteiger partial charge in [0.15, 0.2) is 0 Å². The Bertz CT molecular complexity index is 278. The first-order valence-electron chi connectivity index (χ1n) is 6.12. The second-order valence-corrected chi connectivity index (χ2v) is 4.67. The lowest BCUT2D eigenvalue weighted by atomic mass is 9.94. The van der Waals surface area contributed by atoms with Crippen molar-refractivity contribution in [3.05, 3.63) is 34.9 Å². The molecule has 1 atom stereocenters. The van der Waals surface area contributed by atoms with Gasteiger partial charge in [0.05, 0.1) is 6.61 Å². The van der Waals surface area contributed by atoms with Crippen molar-refractivity contribution in [2.75, 3.05) is 6.61 Å². The zero-order valence-electron chi connectivity index (χ0n) is 11.4. The van der Waals surface area contributed by atoms with Gasteiger partial charge in [0.1, 0.15) is 0 Å². The first kappa shape index (κ1) is 15.2. The third kappa shape index (κ3) is 6.62. The third-order valence-electron chi connectivity index (χ3n) is 2.65. The summed E-state index contributed by atoms with van der Waals surface area (Å²) in [6, 6.07) is 0. The quantitative estimate of drug-likeness (QED) is 0.526. The van der Waals surface area contributed by atoms with Crippen LogP contribution in [-0.4, -0.2) is 11.7 Å².